The second kappa shape index (κ2) is 4.82. The standard InChI is InChI=1S/C13H14N2O4S/c1-6-3-9-11(12-10(6)15-13(14)20-12)18-5-8(19-9)4-17-7(2)16/h3,8H,4-5H2,1-2H3,(H2,14,15). The molecule has 0 aliphatic carbocycles. The van der Waals surface area contributed by atoms with Crippen LogP contribution in [-0.4, -0.2) is 30.3 Å². The number of benzene rings is 1. The van der Waals surface area contributed by atoms with Crippen molar-refractivity contribution in [1.82, 2.24) is 4.98 Å². The number of esters is 1. The smallest absolute Gasteiger partial charge is 0.302 e. The van der Waals surface area contributed by atoms with Crippen molar-refractivity contribution in [3.8, 4) is 11.5 Å². The lowest BCUT2D eigenvalue weighted by Crippen LogP contribution is -2.34. The van der Waals surface area contributed by atoms with Crippen LogP contribution < -0.4 is 15.2 Å². The molecule has 0 bridgehead atoms. The Morgan fingerprint density at radius 1 is 1.65 bits per heavy atom. The van der Waals surface area contributed by atoms with Gasteiger partial charge in [0.1, 0.15) is 17.9 Å². The van der Waals surface area contributed by atoms with Crippen LogP contribution in [0.5, 0.6) is 11.5 Å². The van der Waals surface area contributed by atoms with Gasteiger partial charge in [-0.3, -0.25) is 4.79 Å². The number of rotatable bonds is 2. The van der Waals surface area contributed by atoms with Crippen molar-refractivity contribution < 1.29 is 19.0 Å². The Morgan fingerprint density at radius 2 is 2.45 bits per heavy atom. The molecule has 0 radical (unpaired) electrons. The molecule has 0 spiro atoms. The van der Waals surface area contributed by atoms with E-state index in [1.165, 1.54) is 18.3 Å². The summed E-state index contributed by atoms with van der Waals surface area (Å²) in [6, 6.07) is 1.87. The monoisotopic (exact) mass is 294 g/mol. The van der Waals surface area contributed by atoms with Gasteiger partial charge in [0.05, 0.1) is 5.52 Å². The molecule has 7 heteroatoms. The maximum Gasteiger partial charge on any atom is 0.302 e. The summed E-state index contributed by atoms with van der Waals surface area (Å²) in [7, 11) is 0. The van der Waals surface area contributed by atoms with Crippen LogP contribution in [0.2, 0.25) is 0 Å². The number of hydrogen-bond donors (Lipinski definition) is 1. The molecule has 106 valence electrons. The topological polar surface area (TPSA) is 83.7 Å². The summed E-state index contributed by atoms with van der Waals surface area (Å²) in [5.74, 6) is 0.974. The number of hydrogen-bond acceptors (Lipinski definition) is 7. The zero-order valence-electron chi connectivity index (χ0n) is 11.1. The van der Waals surface area contributed by atoms with Gasteiger partial charge in [-0.05, 0) is 18.6 Å². The first-order chi connectivity index (χ1) is 9.54. The van der Waals surface area contributed by atoms with Gasteiger partial charge >= 0.3 is 5.97 Å². The number of carbonyl (C=O) groups is 1. The van der Waals surface area contributed by atoms with Crippen LogP contribution in [0.25, 0.3) is 10.2 Å². The van der Waals surface area contributed by atoms with E-state index in [1.54, 1.807) is 0 Å². The summed E-state index contributed by atoms with van der Waals surface area (Å²) in [5, 5.41) is 0.502. The second-order valence-corrected chi connectivity index (χ2v) is 5.63. The van der Waals surface area contributed by atoms with E-state index in [0.29, 0.717) is 23.2 Å². The molecule has 1 aliphatic heterocycles. The third-order valence-corrected chi connectivity index (χ3v) is 3.86. The van der Waals surface area contributed by atoms with Gasteiger partial charge in [-0.1, -0.05) is 11.3 Å². The van der Waals surface area contributed by atoms with Crippen molar-refractivity contribution in [1.29, 1.82) is 0 Å². The first-order valence-corrected chi connectivity index (χ1v) is 6.98. The highest BCUT2D eigenvalue weighted by Gasteiger charge is 2.26. The highest BCUT2D eigenvalue weighted by molar-refractivity contribution is 7.22. The second-order valence-electron chi connectivity index (χ2n) is 4.60. The van der Waals surface area contributed by atoms with Crippen molar-refractivity contribution >= 4 is 32.7 Å². The Balaban J connectivity index is 1.92. The highest BCUT2D eigenvalue weighted by atomic mass is 32.1. The van der Waals surface area contributed by atoms with Crippen LogP contribution in [0.4, 0.5) is 5.13 Å². The lowest BCUT2D eigenvalue weighted by molar-refractivity contribution is -0.144. The molecular weight excluding hydrogens is 280 g/mol. The molecule has 1 unspecified atom stereocenters. The average molecular weight is 294 g/mol. The number of aryl methyl sites for hydroxylation is 1. The minimum atomic E-state index is -0.332. The van der Waals surface area contributed by atoms with Crippen LogP contribution in [0, 0.1) is 6.92 Å². The van der Waals surface area contributed by atoms with E-state index >= 15 is 0 Å². The van der Waals surface area contributed by atoms with Crippen LogP contribution in [0.3, 0.4) is 0 Å². The Bertz CT molecular complexity index is 683. The maximum absolute atomic E-state index is 10.8. The molecule has 0 saturated heterocycles. The van der Waals surface area contributed by atoms with E-state index in [1.807, 2.05) is 13.0 Å². The van der Waals surface area contributed by atoms with E-state index in [4.69, 9.17) is 19.9 Å². The normalized spacial score (nSPS) is 17.2. The fourth-order valence-corrected chi connectivity index (χ4v) is 3.01. The summed E-state index contributed by atoms with van der Waals surface area (Å²) in [6.07, 6.45) is -0.298. The number of fused-ring (bicyclic) bond motifs is 3. The Morgan fingerprint density at radius 3 is 3.20 bits per heavy atom. The van der Waals surface area contributed by atoms with Gasteiger partial charge in [0.2, 0.25) is 0 Å². The molecule has 20 heavy (non-hydrogen) atoms. The summed E-state index contributed by atoms with van der Waals surface area (Å²) in [5.41, 5.74) is 7.57. The van der Waals surface area contributed by atoms with Crippen molar-refractivity contribution in [2.45, 2.75) is 20.0 Å². The minimum absolute atomic E-state index is 0.177. The number of nitrogen functional groups attached to an aromatic ring is 1. The zero-order valence-corrected chi connectivity index (χ0v) is 12.0. The van der Waals surface area contributed by atoms with Crippen LogP contribution in [0.1, 0.15) is 12.5 Å². The summed E-state index contributed by atoms with van der Waals surface area (Å²) < 4.78 is 17.4. The average Bonchev–Trinajstić information content (AvgIpc) is 2.78. The zero-order chi connectivity index (χ0) is 14.3. The lowest BCUT2D eigenvalue weighted by Gasteiger charge is -2.26. The highest BCUT2D eigenvalue weighted by Crippen LogP contribution is 2.43. The fraction of sp³-hybridized carbons (Fsp3) is 0.385. The van der Waals surface area contributed by atoms with E-state index in [-0.39, 0.29) is 18.7 Å². The third kappa shape index (κ3) is 2.24. The molecule has 1 aromatic carbocycles. The maximum atomic E-state index is 10.8. The molecular formula is C13H14N2O4S. The van der Waals surface area contributed by atoms with E-state index in [2.05, 4.69) is 4.98 Å². The molecule has 0 saturated carbocycles. The number of nitrogens with zero attached hydrogens (tertiary/aromatic N) is 1. The predicted molar refractivity (Wildman–Crippen MR) is 75.3 cm³/mol. The number of anilines is 1. The molecule has 2 N–H and O–H groups in total. The van der Waals surface area contributed by atoms with Gasteiger partial charge < -0.3 is 19.9 Å². The van der Waals surface area contributed by atoms with Crippen LogP contribution in [-0.2, 0) is 9.53 Å². The third-order valence-electron chi connectivity index (χ3n) is 2.97. The quantitative estimate of drug-likeness (QED) is 0.852. The van der Waals surface area contributed by atoms with Crippen LogP contribution >= 0.6 is 11.3 Å². The van der Waals surface area contributed by atoms with Gasteiger partial charge in [-0.25, -0.2) is 4.98 Å². The van der Waals surface area contributed by atoms with Crippen LogP contribution in [0.15, 0.2) is 6.07 Å². The van der Waals surface area contributed by atoms with Crippen molar-refractivity contribution in [3.63, 3.8) is 0 Å². The number of ether oxygens (including phenoxy) is 3. The molecule has 1 aromatic heterocycles. The van der Waals surface area contributed by atoms with Gasteiger partial charge in [-0.15, -0.1) is 0 Å². The first-order valence-electron chi connectivity index (χ1n) is 6.17. The molecule has 1 aliphatic rings. The molecule has 2 heterocycles. The molecule has 0 amide bonds. The van der Waals surface area contributed by atoms with Crippen molar-refractivity contribution in [2.75, 3.05) is 18.9 Å². The van der Waals surface area contributed by atoms with Gasteiger partial charge in [0.15, 0.2) is 22.7 Å². The van der Waals surface area contributed by atoms with Crippen molar-refractivity contribution in [2.24, 2.45) is 0 Å². The first kappa shape index (κ1) is 13.0. The van der Waals surface area contributed by atoms with E-state index in [9.17, 15) is 4.79 Å². The van der Waals surface area contributed by atoms with E-state index < -0.39 is 0 Å². The Hall–Kier alpha value is -2.02. The summed E-state index contributed by atoms with van der Waals surface area (Å²) in [6.45, 7) is 3.82. The number of thiazole rings is 1. The molecule has 1 atom stereocenters. The van der Waals surface area contributed by atoms with E-state index in [0.717, 1.165) is 15.8 Å². The molecule has 3 rings (SSSR count). The van der Waals surface area contributed by atoms with Crippen molar-refractivity contribution in [3.05, 3.63) is 11.6 Å². The molecule has 6 nitrogen and oxygen atoms in total. The summed E-state index contributed by atoms with van der Waals surface area (Å²) in [4.78, 5) is 15.1. The number of nitrogens with two attached hydrogens (primary N) is 1. The predicted octanol–water partition coefficient (Wildman–Crippen LogP) is 1.89. The van der Waals surface area contributed by atoms with Gasteiger partial charge in [0, 0.05) is 6.92 Å². The minimum Gasteiger partial charge on any atom is -0.484 e. The Labute approximate surface area is 119 Å². The number of aromatic nitrogens is 1. The SMILES string of the molecule is CC(=O)OCC1COc2c(cc(C)c3nc(N)sc23)O1. The lowest BCUT2D eigenvalue weighted by atomic mass is 10.2. The molecule has 0 fully saturated rings. The fourth-order valence-electron chi connectivity index (χ4n) is 2.11. The van der Waals surface area contributed by atoms with Gasteiger partial charge in [-0.2, -0.15) is 0 Å². The van der Waals surface area contributed by atoms with Gasteiger partial charge in [0.25, 0.3) is 0 Å². The molecule has 2 aromatic rings. The Kier molecular flexibility index (Phi) is 3.13. The summed E-state index contributed by atoms with van der Waals surface area (Å²) >= 11 is 1.38. The number of carbonyl (C=O) groups excluding carboxylic acids is 1. The largest absolute Gasteiger partial charge is 0.484 e.